The summed E-state index contributed by atoms with van der Waals surface area (Å²) in [5.74, 6) is -0.165. The molecule has 0 spiro atoms. The normalized spacial score (nSPS) is 24.1. The summed E-state index contributed by atoms with van der Waals surface area (Å²) in [7, 11) is 2.84. The van der Waals surface area contributed by atoms with Crippen LogP contribution in [0.1, 0.15) is 82.8 Å². The fourth-order valence-electron chi connectivity index (χ4n) is 4.77. The summed E-state index contributed by atoms with van der Waals surface area (Å²) in [5.41, 5.74) is -1.46. The molecular weight excluding hydrogens is 466 g/mol. The Labute approximate surface area is 212 Å². The van der Waals surface area contributed by atoms with Crippen LogP contribution in [0.25, 0.3) is 0 Å². The average Bonchev–Trinajstić information content (AvgIpc) is 3.07. The van der Waals surface area contributed by atoms with E-state index >= 15 is 0 Å². The first-order valence-electron chi connectivity index (χ1n) is 12.1. The van der Waals surface area contributed by atoms with Gasteiger partial charge in [-0.1, -0.05) is 13.8 Å². The van der Waals surface area contributed by atoms with Crippen LogP contribution in [-0.4, -0.2) is 66.4 Å². The molecule has 0 unspecified atom stereocenters. The maximum atomic E-state index is 13.8. The van der Waals surface area contributed by atoms with Gasteiger partial charge in [-0.15, -0.1) is 4.99 Å². The van der Waals surface area contributed by atoms with Crippen LogP contribution in [0.3, 0.4) is 0 Å². The summed E-state index contributed by atoms with van der Waals surface area (Å²) in [6, 6.07) is 4.17. The second-order valence-corrected chi connectivity index (χ2v) is 10.5. The molecule has 1 aromatic carbocycles. The van der Waals surface area contributed by atoms with Crippen LogP contribution >= 0.6 is 0 Å². The van der Waals surface area contributed by atoms with Gasteiger partial charge >= 0.3 is 12.1 Å². The first-order chi connectivity index (χ1) is 16.8. The van der Waals surface area contributed by atoms with Gasteiger partial charge in [-0.05, 0) is 58.7 Å². The number of carbonyl (C=O) groups is 3. The SMILES string of the molecule is CCC1(CC)CC(=O)N([C@H]2c3cc(C(=O)OC)ccc3O[C@@]2(C)COC)/C(=N/C(=O)OC(C)(C)C)N1. The van der Waals surface area contributed by atoms with Crippen molar-refractivity contribution < 1.29 is 33.3 Å². The molecule has 2 amide bonds. The lowest BCUT2D eigenvalue weighted by molar-refractivity contribution is -0.137. The Morgan fingerprint density at radius 2 is 1.89 bits per heavy atom. The predicted molar refractivity (Wildman–Crippen MR) is 133 cm³/mol. The smallest absolute Gasteiger partial charge is 0.437 e. The van der Waals surface area contributed by atoms with Gasteiger partial charge in [0.2, 0.25) is 11.9 Å². The van der Waals surface area contributed by atoms with Gasteiger partial charge in [0.25, 0.3) is 0 Å². The number of ether oxygens (including phenoxy) is 4. The van der Waals surface area contributed by atoms with Gasteiger partial charge in [0.15, 0.2) is 5.60 Å². The summed E-state index contributed by atoms with van der Waals surface area (Å²) in [4.78, 5) is 44.6. The van der Waals surface area contributed by atoms with Crippen molar-refractivity contribution in [3.63, 3.8) is 0 Å². The van der Waals surface area contributed by atoms with Crippen LogP contribution in [0.4, 0.5) is 4.79 Å². The fraction of sp³-hybridized carbons (Fsp3) is 0.615. The molecule has 1 fully saturated rings. The summed E-state index contributed by atoms with van der Waals surface area (Å²) >= 11 is 0. The van der Waals surface area contributed by atoms with Gasteiger partial charge in [-0.3, -0.25) is 9.69 Å². The predicted octanol–water partition coefficient (Wildman–Crippen LogP) is 3.98. The molecule has 3 rings (SSSR count). The number of hydrogen-bond acceptors (Lipinski definition) is 7. The number of fused-ring (bicyclic) bond motifs is 1. The highest BCUT2D eigenvalue weighted by Gasteiger charge is 2.54. The monoisotopic (exact) mass is 503 g/mol. The zero-order valence-electron chi connectivity index (χ0n) is 22.4. The first-order valence-corrected chi connectivity index (χ1v) is 12.1. The minimum absolute atomic E-state index is 0.0800. The molecule has 0 bridgehead atoms. The molecule has 198 valence electrons. The number of amides is 2. The van der Waals surface area contributed by atoms with Crippen molar-refractivity contribution in [2.75, 3.05) is 20.8 Å². The lowest BCUT2D eigenvalue weighted by Crippen LogP contribution is -2.65. The lowest BCUT2D eigenvalue weighted by atomic mass is 9.84. The molecule has 2 atom stereocenters. The third kappa shape index (κ3) is 5.33. The van der Waals surface area contributed by atoms with Crippen LogP contribution in [0, 0.1) is 0 Å². The molecule has 0 radical (unpaired) electrons. The van der Waals surface area contributed by atoms with E-state index in [0.29, 0.717) is 29.7 Å². The van der Waals surface area contributed by atoms with Crippen molar-refractivity contribution in [3.8, 4) is 5.75 Å². The quantitative estimate of drug-likeness (QED) is 0.580. The Hall–Kier alpha value is -3.14. The van der Waals surface area contributed by atoms with E-state index in [1.807, 2.05) is 20.8 Å². The van der Waals surface area contributed by atoms with E-state index in [1.54, 1.807) is 46.1 Å². The summed E-state index contributed by atoms with van der Waals surface area (Å²) in [6.07, 6.45) is 0.673. The highest BCUT2D eigenvalue weighted by molar-refractivity contribution is 6.04. The van der Waals surface area contributed by atoms with E-state index < -0.39 is 34.8 Å². The van der Waals surface area contributed by atoms with Crippen LogP contribution in [0.5, 0.6) is 5.75 Å². The number of rotatable bonds is 6. The number of aliphatic imine (C=N–C) groups is 1. The number of hydrogen-bond donors (Lipinski definition) is 1. The molecule has 1 N–H and O–H groups in total. The molecular formula is C26H37N3O7. The highest BCUT2D eigenvalue weighted by atomic mass is 16.6. The van der Waals surface area contributed by atoms with Gasteiger partial charge in [-0.25, -0.2) is 9.59 Å². The van der Waals surface area contributed by atoms with Gasteiger partial charge in [0, 0.05) is 18.2 Å². The Balaban J connectivity index is 2.19. The van der Waals surface area contributed by atoms with Crippen molar-refractivity contribution in [3.05, 3.63) is 29.3 Å². The van der Waals surface area contributed by atoms with Crippen molar-refractivity contribution in [2.24, 2.45) is 4.99 Å². The minimum atomic E-state index is -1.03. The van der Waals surface area contributed by atoms with Crippen molar-refractivity contribution >= 4 is 23.9 Å². The molecule has 1 saturated heterocycles. The maximum Gasteiger partial charge on any atom is 0.437 e. The molecule has 10 heteroatoms. The summed E-state index contributed by atoms with van der Waals surface area (Å²) in [6.45, 7) is 11.2. The van der Waals surface area contributed by atoms with E-state index in [0.717, 1.165) is 0 Å². The van der Waals surface area contributed by atoms with Gasteiger partial charge < -0.3 is 24.3 Å². The van der Waals surface area contributed by atoms with E-state index in [-0.39, 0.29) is 24.9 Å². The zero-order valence-corrected chi connectivity index (χ0v) is 22.4. The number of guanidine groups is 1. The Morgan fingerprint density at radius 3 is 2.44 bits per heavy atom. The first kappa shape index (κ1) is 27.4. The molecule has 36 heavy (non-hydrogen) atoms. The lowest BCUT2D eigenvalue weighted by Gasteiger charge is -2.46. The summed E-state index contributed by atoms with van der Waals surface area (Å²) < 4.78 is 22.1. The largest absolute Gasteiger partial charge is 0.482 e. The molecule has 0 saturated carbocycles. The Kier molecular flexibility index (Phi) is 7.69. The number of methoxy groups -OCH3 is 2. The molecule has 2 aliphatic heterocycles. The number of benzene rings is 1. The van der Waals surface area contributed by atoms with E-state index in [4.69, 9.17) is 18.9 Å². The third-order valence-corrected chi connectivity index (χ3v) is 6.64. The Morgan fingerprint density at radius 1 is 1.22 bits per heavy atom. The molecule has 0 aromatic heterocycles. The number of esters is 1. The standard InChI is InChI=1S/C26H37N3O7/c1-9-26(10-2)14-19(30)29(22(28-26)27-23(32)36-24(3,4)5)20-17-13-16(21(31)34-8)11-12-18(17)35-25(20,6)15-33-7/h11-13,20H,9-10,14-15H2,1-8H3,(H,27,28,32)/t20-,25-/m0/s1. The molecule has 2 aliphatic rings. The van der Waals surface area contributed by atoms with Crippen LogP contribution in [0.15, 0.2) is 23.2 Å². The minimum Gasteiger partial charge on any atom is -0.482 e. The number of nitrogens with zero attached hydrogens (tertiary/aromatic N) is 2. The van der Waals surface area contributed by atoms with E-state index in [9.17, 15) is 14.4 Å². The van der Waals surface area contributed by atoms with Crippen molar-refractivity contribution in [2.45, 2.75) is 83.6 Å². The van der Waals surface area contributed by atoms with Crippen molar-refractivity contribution in [1.29, 1.82) is 0 Å². The zero-order chi connectivity index (χ0) is 26.9. The second kappa shape index (κ2) is 10.1. The van der Waals surface area contributed by atoms with E-state index in [2.05, 4.69) is 10.3 Å². The average molecular weight is 504 g/mol. The van der Waals surface area contributed by atoms with Crippen LogP contribution in [-0.2, 0) is 19.0 Å². The molecule has 10 nitrogen and oxygen atoms in total. The fourth-order valence-corrected chi connectivity index (χ4v) is 4.77. The Bertz CT molecular complexity index is 1060. The summed E-state index contributed by atoms with van der Waals surface area (Å²) in [5, 5.41) is 3.37. The van der Waals surface area contributed by atoms with Gasteiger partial charge in [-0.2, -0.15) is 0 Å². The van der Waals surface area contributed by atoms with Crippen LogP contribution in [0.2, 0.25) is 0 Å². The maximum absolute atomic E-state index is 13.8. The highest BCUT2D eigenvalue weighted by Crippen LogP contribution is 2.48. The van der Waals surface area contributed by atoms with Gasteiger partial charge in [0.1, 0.15) is 17.4 Å². The number of carbonyl (C=O) groups excluding carboxylic acids is 3. The second-order valence-electron chi connectivity index (χ2n) is 10.5. The molecule has 2 heterocycles. The van der Waals surface area contributed by atoms with Crippen LogP contribution < -0.4 is 10.1 Å². The van der Waals surface area contributed by atoms with Gasteiger partial charge in [0.05, 0.1) is 25.7 Å². The molecule has 0 aliphatic carbocycles. The molecule has 1 aromatic rings. The van der Waals surface area contributed by atoms with E-state index in [1.165, 1.54) is 12.0 Å². The number of nitrogens with one attached hydrogen (secondary N) is 1. The third-order valence-electron chi connectivity index (χ3n) is 6.64. The topological polar surface area (TPSA) is 116 Å². The van der Waals surface area contributed by atoms with Crippen molar-refractivity contribution in [1.82, 2.24) is 10.2 Å².